The molecule has 0 aromatic heterocycles. The molecule has 0 N–H and O–H groups in total. The predicted molar refractivity (Wildman–Crippen MR) is 54.5 cm³/mol. The second kappa shape index (κ2) is 4.63. The zero-order valence-electron chi connectivity index (χ0n) is 9.87. The van der Waals surface area contributed by atoms with Gasteiger partial charge in [-0.25, -0.2) is 13.6 Å². The van der Waals surface area contributed by atoms with Crippen LogP contribution < -0.4 is 0 Å². The van der Waals surface area contributed by atoms with E-state index in [4.69, 9.17) is 4.84 Å². The number of hydrazine groups is 1. The van der Waals surface area contributed by atoms with Gasteiger partial charge in [0, 0.05) is 13.0 Å². The van der Waals surface area contributed by atoms with Gasteiger partial charge in [-0.3, -0.25) is 4.79 Å². The lowest BCUT2D eigenvalue weighted by Crippen LogP contribution is -2.53. The molecule has 1 rings (SSSR count). The van der Waals surface area contributed by atoms with Crippen molar-refractivity contribution in [3.8, 4) is 0 Å². The van der Waals surface area contributed by atoms with Gasteiger partial charge in [0.25, 0.3) is 5.92 Å². The van der Waals surface area contributed by atoms with E-state index in [2.05, 4.69) is 0 Å². The van der Waals surface area contributed by atoms with Gasteiger partial charge < -0.3 is 0 Å². The number of carbonyl (C=O) groups excluding carboxylic acids is 1. The molecule has 1 fully saturated rings. The lowest BCUT2D eigenvalue weighted by molar-refractivity contribution is -0.315. The van der Waals surface area contributed by atoms with E-state index in [0.717, 1.165) is 5.17 Å². The molecule has 1 heterocycles. The molecular formula is C10H18F2N2O2. The van der Waals surface area contributed by atoms with Crippen LogP contribution in [0.15, 0.2) is 0 Å². The van der Waals surface area contributed by atoms with Crippen molar-refractivity contribution in [2.24, 2.45) is 0 Å². The van der Waals surface area contributed by atoms with Crippen LogP contribution in [0.3, 0.4) is 0 Å². The van der Waals surface area contributed by atoms with E-state index < -0.39 is 18.1 Å². The van der Waals surface area contributed by atoms with Crippen LogP contribution in [-0.2, 0) is 9.63 Å². The maximum atomic E-state index is 13.1. The fraction of sp³-hybridized carbons (Fsp3) is 0.900. The van der Waals surface area contributed by atoms with Crippen LogP contribution in [-0.4, -0.2) is 41.2 Å². The number of rotatable bonds is 3. The molecule has 1 aliphatic heterocycles. The van der Waals surface area contributed by atoms with Crippen LogP contribution >= 0.6 is 0 Å². The summed E-state index contributed by atoms with van der Waals surface area (Å²) < 4.78 is 26.3. The molecule has 1 saturated heterocycles. The number of alkyl halides is 2. The maximum Gasteiger partial charge on any atom is 0.262 e. The second-order valence-electron chi connectivity index (χ2n) is 4.96. The van der Waals surface area contributed by atoms with E-state index in [0.29, 0.717) is 19.4 Å². The number of hydrogen-bond acceptors (Lipinski definition) is 3. The van der Waals surface area contributed by atoms with Crippen molar-refractivity contribution >= 4 is 6.41 Å². The van der Waals surface area contributed by atoms with Crippen molar-refractivity contribution in [3.63, 3.8) is 0 Å². The summed E-state index contributed by atoms with van der Waals surface area (Å²) in [5.41, 5.74) is -0.590. The molecule has 0 radical (unpaired) electrons. The summed E-state index contributed by atoms with van der Waals surface area (Å²) in [6, 6.07) is 0. The average Bonchev–Trinajstić information content (AvgIpc) is 2.11. The monoisotopic (exact) mass is 236 g/mol. The van der Waals surface area contributed by atoms with Crippen molar-refractivity contribution in [1.29, 1.82) is 0 Å². The lowest BCUT2D eigenvalue weighted by Gasteiger charge is -2.39. The van der Waals surface area contributed by atoms with Crippen LogP contribution in [0.5, 0.6) is 0 Å². The van der Waals surface area contributed by atoms with Crippen LogP contribution in [0.4, 0.5) is 8.78 Å². The zero-order valence-corrected chi connectivity index (χ0v) is 9.87. The van der Waals surface area contributed by atoms with Crippen molar-refractivity contribution in [1.82, 2.24) is 10.2 Å². The highest BCUT2D eigenvalue weighted by molar-refractivity contribution is 5.44. The Hall–Kier alpha value is -0.750. The molecule has 0 aromatic rings. The summed E-state index contributed by atoms with van der Waals surface area (Å²) >= 11 is 0. The Balaban J connectivity index is 2.62. The first kappa shape index (κ1) is 13.3. The predicted octanol–water partition coefficient (Wildman–Crippen LogP) is 1.82. The molecule has 0 atom stereocenters. The number of halogens is 2. The molecule has 0 aliphatic carbocycles. The molecule has 0 aromatic carbocycles. The Bertz CT molecular complexity index is 254. The highest BCUT2D eigenvalue weighted by atomic mass is 19.3. The van der Waals surface area contributed by atoms with Crippen LogP contribution in [0.25, 0.3) is 0 Å². The molecule has 0 spiro atoms. The number of carbonyl (C=O) groups is 1. The number of hydroxylamine groups is 1. The first-order valence-electron chi connectivity index (χ1n) is 5.30. The molecule has 1 amide bonds. The normalized spacial score (nSPS) is 21.8. The Morgan fingerprint density at radius 3 is 2.50 bits per heavy atom. The molecule has 0 unspecified atom stereocenters. The summed E-state index contributed by atoms with van der Waals surface area (Å²) in [6.07, 6.45) is 0.642. The van der Waals surface area contributed by atoms with Crippen molar-refractivity contribution < 1.29 is 18.4 Å². The fourth-order valence-electron chi connectivity index (χ4n) is 1.54. The van der Waals surface area contributed by atoms with Gasteiger partial charge >= 0.3 is 0 Å². The van der Waals surface area contributed by atoms with Gasteiger partial charge in [-0.15, -0.1) is 5.17 Å². The molecular weight excluding hydrogens is 218 g/mol. The summed E-state index contributed by atoms with van der Waals surface area (Å²) in [6.45, 7) is 5.20. The molecule has 0 saturated carbocycles. The minimum Gasteiger partial charge on any atom is -0.275 e. The van der Waals surface area contributed by atoms with Gasteiger partial charge in [0.1, 0.15) is 0 Å². The van der Waals surface area contributed by atoms with E-state index in [1.54, 1.807) is 20.8 Å². The summed E-state index contributed by atoms with van der Waals surface area (Å²) in [5.74, 6) is -2.75. The third kappa shape index (κ3) is 4.02. The second-order valence-corrected chi connectivity index (χ2v) is 4.96. The SMILES string of the molecule is CC(C)(C)ON(C=O)N1CCCC(F)(F)C1. The Morgan fingerprint density at radius 1 is 1.44 bits per heavy atom. The van der Waals surface area contributed by atoms with Gasteiger partial charge in [0.15, 0.2) is 0 Å². The van der Waals surface area contributed by atoms with Gasteiger partial charge in [0.05, 0.1) is 12.1 Å². The van der Waals surface area contributed by atoms with Crippen molar-refractivity contribution in [2.75, 3.05) is 13.1 Å². The van der Waals surface area contributed by atoms with E-state index in [9.17, 15) is 13.6 Å². The van der Waals surface area contributed by atoms with Gasteiger partial charge in [0.2, 0.25) is 6.41 Å². The molecule has 6 heteroatoms. The molecule has 0 bridgehead atoms. The third-order valence-corrected chi connectivity index (χ3v) is 2.11. The zero-order chi connectivity index (χ0) is 12.4. The van der Waals surface area contributed by atoms with Gasteiger partial charge in [-0.05, 0) is 27.2 Å². The number of piperidine rings is 1. The van der Waals surface area contributed by atoms with Crippen LogP contribution in [0.2, 0.25) is 0 Å². The minimum atomic E-state index is -2.75. The van der Waals surface area contributed by atoms with Crippen LogP contribution in [0.1, 0.15) is 33.6 Å². The van der Waals surface area contributed by atoms with E-state index in [-0.39, 0.29) is 6.42 Å². The van der Waals surface area contributed by atoms with E-state index in [1.165, 1.54) is 5.01 Å². The highest BCUT2D eigenvalue weighted by Gasteiger charge is 2.38. The number of amides is 1. The first-order valence-corrected chi connectivity index (χ1v) is 5.30. The van der Waals surface area contributed by atoms with E-state index in [1.807, 2.05) is 0 Å². The quantitative estimate of drug-likeness (QED) is 0.553. The standard InChI is InChI=1S/C10H18F2N2O2/c1-9(2,3)16-14(8-15)13-6-4-5-10(11,12)7-13/h8H,4-7H2,1-3H3. The molecule has 1 aliphatic rings. The van der Waals surface area contributed by atoms with E-state index >= 15 is 0 Å². The van der Waals surface area contributed by atoms with Crippen molar-refractivity contribution in [2.45, 2.75) is 45.1 Å². The molecule has 94 valence electrons. The number of hydrogen-bond donors (Lipinski definition) is 0. The molecule has 16 heavy (non-hydrogen) atoms. The smallest absolute Gasteiger partial charge is 0.262 e. The molecule has 4 nitrogen and oxygen atoms in total. The Labute approximate surface area is 94.1 Å². The summed E-state index contributed by atoms with van der Waals surface area (Å²) in [7, 11) is 0. The number of nitrogens with zero attached hydrogens (tertiary/aromatic N) is 2. The van der Waals surface area contributed by atoms with Crippen molar-refractivity contribution in [3.05, 3.63) is 0 Å². The lowest BCUT2D eigenvalue weighted by atomic mass is 10.1. The fourth-order valence-corrected chi connectivity index (χ4v) is 1.54. The minimum absolute atomic E-state index is 0.133. The van der Waals surface area contributed by atoms with Gasteiger partial charge in [-0.1, -0.05) is 0 Å². The Kier molecular flexibility index (Phi) is 3.85. The summed E-state index contributed by atoms with van der Waals surface area (Å²) in [5, 5.41) is 2.12. The highest BCUT2D eigenvalue weighted by Crippen LogP contribution is 2.27. The largest absolute Gasteiger partial charge is 0.275 e. The average molecular weight is 236 g/mol. The third-order valence-electron chi connectivity index (χ3n) is 2.11. The topological polar surface area (TPSA) is 32.8 Å². The maximum absolute atomic E-state index is 13.1. The Morgan fingerprint density at radius 2 is 2.06 bits per heavy atom. The van der Waals surface area contributed by atoms with Crippen LogP contribution in [0, 0.1) is 0 Å². The summed E-state index contributed by atoms with van der Waals surface area (Å²) in [4.78, 5) is 16.1. The van der Waals surface area contributed by atoms with Gasteiger partial charge in [-0.2, -0.15) is 5.01 Å². The first-order chi connectivity index (χ1) is 7.23.